The van der Waals surface area contributed by atoms with Gasteiger partial charge in [0, 0.05) is 12.8 Å². The van der Waals surface area contributed by atoms with Gasteiger partial charge in [0.2, 0.25) is 5.91 Å². The van der Waals surface area contributed by atoms with E-state index >= 15 is 0 Å². The highest BCUT2D eigenvalue weighted by Gasteiger charge is 2.27. The molecule has 0 aromatic rings. The SMILES string of the molecule is CCCCC/C=C\C/C=C\C/C=C\CCCCCCC(=O)OC(/C=C/CCCCCCCCCCCCC)C(COP(=O)([O-])OCC[N+](C)(C)C)NC(=O)CCCCCCCCCCCCCCCCCCCCCCC. The number of rotatable bonds is 60. The third-order valence-electron chi connectivity index (χ3n) is 14.8. The molecular formula is C67H127N2O7P. The van der Waals surface area contributed by atoms with E-state index in [1.54, 1.807) is 0 Å². The van der Waals surface area contributed by atoms with Gasteiger partial charge in [-0.15, -0.1) is 0 Å². The molecule has 0 fully saturated rings. The van der Waals surface area contributed by atoms with E-state index in [9.17, 15) is 19.0 Å². The van der Waals surface area contributed by atoms with E-state index in [0.29, 0.717) is 23.9 Å². The number of nitrogens with zero attached hydrogens (tertiary/aromatic N) is 1. The molecule has 0 rings (SSSR count). The highest BCUT2D eigenvalue weighted by Crippen LogP contribution is 2.38. The quantitative estimate of drug-likeness (QED) is 0.0212. The molecule has 0 radical (unpaired) electrons. The first-order valence-electron chi connectivity index (χ1n) is 32.9. The second kappa shape index (κ2) is 57.2. The van der Waals surface area contributed by atoms with E-state index < -0.39 is 26.6 Å². The molecule has 0 saturated carbocycles. The molecule has 0 aromatic heterocycles. The van der Waals surface area contributed by atoms with Crippen LogP contribution >= 0.6 is 7.82 Å². The van der Waals surface area contributed by atoms with Gasteiger partial charge in [0.1, 0.15) is 19.3 Å². The lowest BCUT2D eigenvalue weighted by molar-refractivity contribution is -0.870. The summed E-state index contributed by atoms with van der Waals surface area (Å²) in [5.74, 6) is -0.553. The van der Waals surface area contributed by atoms with Crippen molar-refractivity contribution in [2.24, 2.45) is 0 Å². The second-order valence-corrected chi connectivity index (χ2v) is 25.0. The Balaban J connectivity index is 5.22. The Kier molecular flexibility index (Phi) is 55.7. The zero-order valence-corrected chi connectivity index (χ0v) is 52.6. The molecule has 10 heteroatoms. The minimum atomic E-state index is -4.70. The van der Waals surface area contributed by atoms with Gasteiger partial charge < -0.3 is 28.5 Å². The third kappa shape index (κ3) is 58.4. The number of phosphoric acid groups is 1. The Morgan fingerprint density at radius 1 is 0.455 bits per heavy atom. The lowest BCUT2D eigenvalue weighted by Crippen LogP contribution is -2.47. The second-order valence-electron chi connectivity index (χ2n) is 23.6. The number of esters is 1. The Morgan fingerprint density at radius 3 is 1.21 bits per heavy atom. The summed E-state index contributed by atoms with van der Waals surface area (Å²) < 4.78 is 30.4. The van der Waals surface area contributed by atoms with Crippen LogP contribution in [0.15, 0.2) is 48.6 Å². The third-order valence-corrected chi connectivity index (χ3v) is 15.7. The predicted octanol–water partition coefficient (Wildman–Crippen LogP) is 19.8. The minimum Gasteiger partial charge on any atom is -0.756 e. The zero-order valence-electron chi connectivity index (χ0n) is 51.7. The standard InChI is InChI=1S/C67H127N2O7P/c1-7-10-13-16-19-22-25-28-30-32-33-34-35-37-38-41-44-47-50-53-56-59-66(70)68-64(63-75-77(72,73)74-62-61-69(4,5)6)65(58-55-52-49-46-43-40-27-24-21-18-15-12-9-3)76-67(71)60-57-54-51-48-45-42-39-36-31-29-26-23-20-17-14-11-8-2/h20,23,29,31,39,42,55,58,64-65H,7-19,21-22,24-28,30,32-38,40-41,43-54,56-57,59-63H2,1-6H3,(H-,68,70,72,73)/b23-20-,31-29-,42-39-,58-55+. The first-order valence-corrected chi connectivity index (χ1v) is 34.4. The van der Waals surface area contributed by atoms with Crippen LogP contribution in [0.5, 0.6) is 0 Å². The molecule has 0 aromatic carbocycles. The summed E-state index contributed by atoms with van der Waals surface area (Å²) in [7, 11) is 1.18. The van der Waals surface area contributed by atoms with Crippen molar-refractivity contribution in [3.05, 3.63) is 48.6 Å². The fraction of sp³-hybridized carbons (Fsp3) is 0.851. The topological polar surface area (TPSA) is 114 Å². The van der Waals surface area contributed by atoms with Crippen molar-refractivity contribution in [2.75, 3.05) is 40.9 Å². The molecule has 1 N–H and O–H groups in total. The number of phosphoric ester groups is 1. The average Bonchev–Trinajstić information content (AvgIpc) is 3.39. The molecule has 452 valence electrons. The zero-order chi connectivity index (χ0) is 56.4. The first-order chi connectivity index (χ1) is 37.4. The van der Waals surface area contributed by atoms with Crippen LogP contribution in [0.4, 0.5) is 0 Å². The summed E-state index contributed by atoms with van der Waals surface area (Å²) in [4.78, 5) is 40.1. The minimum absolute atomic E-state index is 0.0248. The van der Waals surface area contributed by atoms with Crippen LogP contribution in [0.25, 0.3) is 0 Å². The summed E-state index contributed by atoms with van der Waals surface area (Å²) in [6.45, 7) is 6.84. The average molecular weight is 1100 g/mol. The Labute approximate surface area is 478 Å². The lowest BCUT2D eigenvalue weighted by Gasteiger charge is -2.30. The molecule has 3 unspecified atom stereocenters. The molecule has 0 bridgehead atoms. The van der Waals surface area contributed by atoms with Crippen molar-refractivity contribution in [2.45, 2.75) is 328 Å². The number of quaternary nitrogens is 1. The Hall–Kier alpha value is -2.03. The molecule has 0 heterocycles. The van der Waals surface area contributed by atoms with Gasteiger partial charge in [-0.05, 0) is 70.3 Å². The van der Waals surface area contributed by atoms with Gasteiger partial charge in [0.25, 0.3) is 7.82 Å². The van der Waals surface area contributed by atoms with Crippen LogP contribution in [0.1, 0.15) is 316 Å². The number of carbonyl (C=O) groups is 2. The van der Waals surface area contributed by atoms with Crippen molar-refractivity contribution in [1.29, 1.82) is 0 Å². The lowest BCUT2D eigenvalue weighted by atomic mass is 10.0. The monoisotopic (exact) mass is 1100 g/mol. The van der Waals surface area contributed by atoms with Gasteiger partial charge in [0.15, 0.2) is 0 Å². The molecule has 0 aliphatic rings. The number of allylic oxidation sites excluding steroid dienone is 7. The Morgan fingerprint density at radius 2 is 0.792 bits per heavy atom. The molecule has 0 spiro atoms. The van der Waals surface area contributed by atoms with E-state index in [4.69, 9.17) is 13.8 Å². The normalized spacial score (nSPS) is 13.9. The summed E-state index contributed by atoms with van der Waals surface area (Å²) in [5.41, 5.74) is 0. The molecular weight excluding hydrogens is 976 g/mol. The first kappa shape index (κ1) is 75.0. The van der Waals surface area contributed by atoms with E-state index in [1.165, 1.54) is 199 Å². The van der Waals surface area contributed by atoms with Gasteiger partial charge in [-0.2, -0.15) is 0 Å². The summed E-state index contributed by atoms with van der Waals surface area (Å²) in [6.07, 6.45) is 70.8. The Bertz CT molecular complexity index is 1460. The van der Waals surface area contributed by atoms with Crippen LogP contribution in [0.2, 0.25) is 0 Å². The van der Waals surface area contributed by atoms with Crippen LogP contribution in [0, 0.1) is 0 Å². The van der Waals surface area contributed by atoms with Crippen LogP contribution in [0.3, 0.4) is 0 Å². The molecule has 3 atom stereocenters. The van der Waals surface area contributed by atoms with Gasteiger partial charge in [0.05, 0.1) is 33.8 Å². The fourth-order valence-corrected chi connectivity index (χ4v) is 10.4. The van der Waals surface area contributed by atoms with E-state index in [1.807, 2.05) is 33.3 Å². The van der Waals surface area contributed by atoms with Crippen molar-refractivity contribution in [1.82, 2.24) is 5.32 Å². The van der Waals surface area contributed by atoms with Crippen LogP contribution in [-0.4, -0.2) is 69.4 Å². The maximum Gasteiger partial charge on any atom is 0.306 e. The number of hydrogen-bond donors (Lipinski definition) is 1. The largest absolute Gasteiger partial charge is 0.756 e. The highest BCUT2D eigenvalue weighted by molar-refractivity contribution is 7.45. The summed E-state index contributed by atoms with van der Waals surface area (Å²) in [6, 6.07) is -0.896. The fourth-order valence-electron chi connectivity index (χ4n) is 9.65. The summed E-state index contributed by atoms with van der Waals surface area (Å²) in [5, 5.41) is 3.04. The maximum atomic E-state index is 13.6. The van der Waals surface area contributed by atoms with Crippen molar-refractivity contribution in [3.63, 3.8) is 0 Å². The van der Waals surface area contributed by atoms with Crippen molar-refractivity contribution < 1.29 is 37.3 Å². The molecule has 77 heavy (non-hydrogen) atoms. The van der Waals surface area contributed by atoms with E-state index in [0.717, 1.165) is 77.0 Å². The van der Waals surface area contributed by atoms with E-state index in [-0.39, 0.29) is 24.9 Å². The molecule has 0 saturated heterocycles. The molecule has 0 aliphatic carbocycles. The summed E-state index contributed by atoms with van der Waals surface area (Å²) >= 11 is 0. The molecule has 1 amide bonds. The van der Waals surface area contributed by atoms with Gasteiger partial charge in [-0.25, -0.2) is 0 Å². The number of ether oxygens (including phenoxy) is 1. The number of unbranched alkanes of at least 4 members (excludes halogenated alkanes) is 38. The highest BCUT2D eigenvalue weighted by atomic mass is 31.2. The van der Waals surface area contributed by atoms with Crippen molar-refractivity contribution >= 4 is 19.7 Å². The van der Waals surface area contributed by atoms with Crippen LogP contribution < -0.4 is 10.2 Å². The van der Waals surface area contributed by atoms with Gasteiger partial charge in [-0.1, -0.05) is 282 Å². The number of nitrogens with one attached hydrogen (secondary N) is 1. The van der Waals surface area contributed by atoms with Crippen LogP contribution in [-0.2, 0) is 27.9 Å². The van der Waals surface area contributed by atoms with Gasteiger partial charge in [-0.3, -0.25) is 14.2 Å². The maximum absolute atomic E-state index is 13.6. The number of carbonyl (C=O) groups excluding carboxylic acids is 2. The predicted molar refractivity (Wildman–Crippen MR) is 330 cm³/mol. The number of hydrogen-bond acceptors (Lipinski definition) is 7. The number of amides is 1. The smallest absolute Gasteiger partial charge is 0.306 e. The van der Waals surface area contributed by atoms with Gasteiger partial charge >= 0.3 is 5.97 Å². The van der Waals surface area contributed by atoms with E-state index in [2.05, 4.69) is 62.5 Å². The van der Waals surface area contributed by atoms with Crippen molar-refractivity contribution in [3.8, 4) is 0 Å². The number of likely N-dealkylation sites (N-methyl/N-ethyl adjacent to an activating group) is 1. The molecule has 9 nitrogen and oxygen atoms in total. The molecule has 0 aliphatic heterocycles.